The molecule has 0 fully saturated rings. The third kappa shape index (κ3) is 4.19. The van der Waals surface area contributed by atoms with Crippen molar-refractivity contribution in [2.24, 2.45) is 7.05 Å². The Balaban J connectivity index is 1.78. The molecule has 4 heteroatoms. The molecule has 102 valence electrons. The minimum absolute atomic E-state index is 0.107. The number of benzene rings is 1. The molecule has 0 saturated carbocycles. The predicted octanol–water partition coefficient (Wildman–Crippen LogP) is 1.16. The maximum absolute atomic E-state index is 9.42. The second-order valence-corrected chi connectivity index (χ2v) is 4.72. The van der Waals surface area contributed by atoms with Gasteiger partial charge in [0.1, 0.15) is 0 Å². The number of nitrogens with zero attached hydrogens (tertiary/aromatic N) is 2. The van der Waals surface area contributed by atoms with Crippen LogP contribution in [0.5, 0.6) is 0 Å². The van der Waals surface area contributed by atoms with Gasteiger partial charge in [-0.05, 0) is 18.1 Å². The summed E-state index contributed by atoms with van der Waals surface area (Å²) in [5, 5.41) is 17.0. The standard InChI is InChI=1S/C15H21N3O/c1-18-15(8-10-17-18)7-9-16-14(12-19)11-13-5-3-2-4-6-13/h2-6,8,10,14,16,19H,7,9,11-12H2,1H3. The first-order valence-corrected chi connectivity index (χ1v) is 6.64. The zero-order valence-corrected chi connectivity index (χ0v) is 11.3. The van der Waals surface area contributed by atoms with Gasteiger partial charge in [0.05, 0.1) is 6.61 Å². The SMILES string of the molecule is Cn1nccc1CCNC(CO)Cc1ccccc1. The van der Waals surface area contributed by atoms with Gasteiger partial charge in [-0.1, -0.05) is 30.3 Å². The molecule has 0 aliphatic heterocycles. The van der Waals surface area contributed by atoms with E-state index >= 15 is 0 Å². The summed E-state index contributed by atoms with van der Waals surface area (Å²) in [6.45, 7) is 0.998. The van der Waals surface area contributed by atoms with E-state index < -0.39 is 0 Å². The Morgan fingerprint density at radius 2 is 2.05 bits per heavy atom. The molecule has 1 aromatic carbocycles. The zero-order chi connectivity index (χ0) is 13.5. The van der Waals surface area contributed by atoms with Gasteiger partial charge in [-0.15, -0.1) is 0 Å². The smallest absolute Gasteiger partial charge is 0.0587 e. The fourth-order valence-electron chi connectivity index (χ4n) is 2.15. The molecule has 0 aliphatic rings. The molecule has 4 nitrogen and oxygen atoms in total. The van der Waals surface area contributed by atoms with Crippen LogP contribution in [0.3, 0.4) is 0 Å². The van der Waals surface area contributed by atoms with Gasteiger partial charge in [0.25, 0.3) is 0 Å². The molecular weight excluding hydrogens is 238 g/mol. The molecule has 2 N–H and O–H groups in total. The van der Waals surface area contributed by atoms with Crippen molar-refractivity contribution >= 4 is 0 Å². The topological polar surface area (TPSA) is 50.1 Å². The van der Waals surface area contributed by atoms with Crippen molar-refractivity contribution in [3.8, 4) is 0 Å². The van der Waals surface area contributed by atoms with Crippen LogP contribution >= 0.6 is 0 Å². The fraction of sp³-hybridized carbons (Fsp3) is 0.400. The molecule has 1 heterocycles. The summed E-state index contributed by atoms with van der Waals surface area (Å²) < 4.78 is 1.88. The van der Waals surface area contributed by atoms with Gasteiger partial charge in [-0.2, -0.15) is 5.10 Å². The van der Waals surface area contributed by atoms with Crippen molar-refractivity contribution in [2.75, 3.05) is 13.2 Å². The van der Waals surface area contributed by atoms with Crippen LogP contribution < -0.4 is 5.32 Å². The molecular formula is C15H21N3O. The molecule has 0 amide bonds. The van der Waals surface area contributed by atoms with Crippen LogP contribution in [0.4, 0.5) is 0 Å². The normalized spacial score (nSPS) is 12.5. The van der Waals surface area contributed by atoms with Crippen LogP contribution in [0, 0.1) is 0 Å². The van der Waals surface area contributed by atoms with E-state index in [2.05, 4.69) is 22.5 Å². The van der Waals surface area contributed by atoms with Gasteiger partial charge >= 0.3 is 0 Å². The highest BCUT2D eigenvalue weighted by Gasteiger charge is 2.08. The number of rotatable bonds is 7. The molecule has 0 radical (unpaired) electrons. The van der Waals surface area contributed by atoms with Crippen LogP contribution in [0.1, 0.15) is 11.3 Å². The van der Waals surface area contributed by atoms with Crippen LogP contribution in [0.15, 0.2) is 42.6 Å². The number of hydrogen-bond acceptors (Lipinski definition) is 3. The number of nitrogens with one attached hydrogen (secondary N) is 1. The molecule has 19 heavy (non-hydrogen) atoms. The Hall–Kier alpha value is -1.65. The zero-order valence-electron chi connectivity index (χ0n) is 11.3. The van der Waals surface area contributed by atoms with E-state index in [1.807, 2.05) is 42.2 Å². The number of aromatic nitrogens is 2. The molecule has 1 aromatic heterocycles. The van der Waals surface area contributed by atoms with E-state index in [-0.39, 0.29) is 12.6 Å². The summed E-state index contributed by atoms with van der Waals surface area (Å²) in [6.07, 6.45) is 3.58. The summed E-state index contributed by atoms with van der Waals surface area (Å²) in [7, 11) is 1.95. The van der Waals surface area contributed by atoms with Crippen molar-refractivity contribution in [3.05, 3.63) is 53.9 Å². The van der Waals surface area contributed by atoms with Crippen molar-refractivity contribution in [1.82, 2.24) is 15.1 Å². The second kappa shape index (κ2) is 7.07. The Morgan fingerprint density at radius 3 is 2.68 bits per heavy atom. The molecule has 2 rings (SSSR count). The summed E-state index contributed by atoms with van der Waals surface area (Å²) in [5.41, 5.74) is 2.44. The highest BCUT2D eigenvalue weighted by molar-refractivity contribution is 5.15. The van der Waals surface area contributed by atoms with Crippen molar-refractivity contribution in [2.45, 2.75) is 18.9 Å². The molecule has 0 bridgehead atoms. The Morgan fingerprint density at radius 1 is 1.26 bits per heavy atom. The molecule has 0 saturated heterocycles. The third-order valence-electron chi connectivity index (χ3n) is 3.28. The Labute approximate surface area is 114 Å². The third-order valence-corrected chi connectivity index (χ3v) is 3.28. The predicted molar refractivity (Wildman–Crippen MR) is 75.9 cm³/mol. The monoisotopic (exact) mass is 259 g/mol. The molecule has 2 aromatic rings. The Kier molecular flexibility index (Phi) is 5.12. The Bertz CT molecular complexity index is 481. The van der Waals surface area contributed by atoms with Crippen LogP contribution in [-0.4, -0.2) is 34.1 Å². The maximum Gasteiger partial charge on any atom is 0.0587 e. The number of aliphatic hydroxyl groups excluding tert-OH is 1. The average molecular weight is 259 g/mol. The number of aliphatic hydroxyl groups is 1. The summed E-state index contributed by atoms with van der Waals surface area (Å²) >= 11 is 0. The van der Waals surface area contributed by atoms with E-state index in [0.717, 1.165) is 19.4 Å². The lowest BCUT2D eigenvalue weighted by molar-refractivity contribution is 0.242. The van der Waals surface area contributed by atoms with E-state index in [0.29, 0.717) is 0 Å². The minimum Gasteiger partial charge on any atom is -0.395 e. The lowest BCUT2D eigenvalue weighted by Gasteiger charge is -2.16. The molecule has 1 atom stereocenters. The maximum atomic E-state index is 9.42. The van der Waals surface area contributed by atoms with Gasteiger partial charge in [-0.3, -0.25) is 4.68 Å². The number of hydrogen-bond donors (Lipinski definition) is 2. The van der Waals surface area contributed by atoms with E-state index in [1.165, 1.54) is 11.3 Å². The fourth-order valence-corrected chi connectivity index (χ4v) is 2.15. The van der Waals surface area contributed by atoms with Gasteiger partial charge in [0, 0.05) is 37.9 Å². The first-order chi connectivity index (χ1) is 9.29. The minimum atomic E-state index is 0.107. The molecule has 0 spiro atoms. The largest absolute Gasteiger partial charge is 0.395 e. The molecule has 0 aliphatic carbocycles. The van der Waals surface area contributed by atoms with Crippen LogP contribution in [0.2, 0.25) is 0 Å². The van der Waals surface area contributed by atoms with Gasteiger partial charge in [0.15, 0.2) is 0 Å². The van der Waals surface area contributed by atoms with E-state index in [9.17, 15) is 5.11 Å². The number of aryl methyl sites for hydroxylation is 1. The summed E-state index contributed by atoms with van der Waals surface area (Å²) in [6, 6.07) is 12.4. The highest BCUT2D eigenvalue weighted by atomic mass is 16.3. The summed E-state index contributed by atoms with van der Waals surface area (Å²) in [5.74, 6) is 0. The van der Waals surface area contributed by atoms with Gasteiger partial charge in [0.2, 0.25) is 0 Å². The first-order valence-electron chi connectivity index (χ1n) is 6.64. The lowest BCUT2D eigenvalue weighted by Crippen LogP contribution is -2.36. The van der Waals surface area contributed by atoms with Crippen molar-refractivity contribution < 1.29 is 5.11 Å². The van der Waals surface area contributed by atoms with E-state index in [1.54, 1.807) is 0 Å². The van der Waals surface area contributed by atoms with Crippen molar-refractivity contribution in [3.63, 3.8) is 0 Å². The van der Waals surface area contributed by atoms with Gasteiger partial charge in [-0.25, -0.2) is 0 Å². The van der Waals surface area contributed by atoms with Crippen molar-refractivity contribution in [1.29, 1.82) is 0 Å². The van der Waals surface area contributed by atoms with Crippen LogP contribution in [0.25, 0.3) is 0 Å². The van der Waals surface area contributed by atoms with Crippen LogP contribution in [-0.2, 0) is 19.9 Å². The second-order valence-electron chi connectivity index (χ2n) is 4.72. The van der Waals surface area contributed by atoms with Gasteiger partial charge < -0.3 is 10.4 Å². The summed E-state index contributed by atoms with van der Waals surface area (Å²) in [4.78, 5) is 0. The molecule has 1 unspecified atom stereocenters. The quantitative estimate of drug-likeness (QED) is 0.784. The van der Waals surface area contributed by atoms with E-state index in [4.69, 9.17) is 0 Å². The average Bonchev–Trinajstić information content (AvgIpc) is 2.84. The highest BCUT2D eigenvalue weighted by Crippen LogP contribution is 2.03. The lowest BCUT2D eigenvalue weighted by atomic mass is 10.1. The first kappa shape index (κ1) is 13.8.